The van der Waals surface area contributed by atoms with E-state index < -0.39 is 27.2 Å². The van der Waals surface area contributed by atoms with E-state index in [0.717, 1.165) is 22.4 Å². The lowest BCUT2D eigenvalue weighted by Gasteiger charge is -2.18. The van der Waals surface area contributed by atoms with Crippen molar-refractivity contribution in [3.63, 3.8) is 0 Å². The lowest BCUT2D eigenvalue weighted by atomic mass is 10.1. The molecule has 0 radical (unpaired) electrons. The summed E-state index contributed by atoms with van der Waals surface area (Å²) in [6.45, 7) is 6.51. The number of benzene rings is 2. The highest BCUT2D eigenvalue weighted by Crippen LogP contribution is 2.42. The molecular weight excluding hydrogens is 615 g/mol. The van der Waals surface area contributed by atoms with E-state index in [2.05, 4.69) is 0 Å². The van der Waals surface area contributed by atoms with Gasteiger partial charge in [0.25, 0.3) is 15.6 Å². The minimum absolute atomic E-state index is 0.0722. The zero-order valence-corrected chi connectivity index (χ0v) is 25.9. The summed E-state index contributed by atoms with van der Waals surface area (Å²) in [5.41, 5.74) is 4.59. The Morgan fingerprint density at radius 3 is 2.54 bits per heavy atom. The summed E-state index contributed by atoms with van der Waals surface area (Å²) in [6, 6.07) is 7.28. The van der Waals surface area contributed by atoms with E-state index in [1.165, 1.54) is 0 Å². The molecule has 10 nitrogen and oxygen atoms in total. The quantitative estimate of drug-likeness (QED) is 0.105. The predicted molar refractivity (Wildman–Crippen MR) is 159 cm³/mol. The van der Waals surface area contributed by atoms with E-state index in [1.807, 2.05) is 60.6 Å². The molecule has 0 spiro atoms. The molecule has 2 N–H and O–H groups in total. The average molecular weight is 647 g/mol. The summed E-state index contributed by atoms with van der Waals surface area (Å²) in [6.07, 6.45) is 4.94. The highest BCUT2D eigenvalue weighted by molar-refractivity contribution is 7.85. The van der Waals surface area contributed by atoms with Gasteiger partial charge < -0.3 is 14.1 Å². The first-order valence-corrected chi connectivity index (χ1v) is 16.3. The molecule has 0 saturated carbocycles. The second kappa shape index (κ2) is 13.2. The Hall–Kier alpha value is -2.45. The number of hydrogen-bond acceptors (Lipinski definition) is 7. The fourth-order valence-corrected chi connectivity index (χ4v) is 5.51. The normalized spacial score (nSPS) is 15.5. The third kappa shape index (κ3) is 7.89. The molecule has 0 amide bonds. The van der Waals surface area contributed by atoms with Gasteiger partial charge in [-0.05, 0) is 61.6 Å². The average Bonchev–Trinajstić information content (AvgIpc) is 3.37. The van der Waals surface area contributed by atoms with Crippen LogP contribution in [-0.4, -0.2) is 40.6 Å². The predicted octanol–water partition coefficient (Wildman–Crippen LogP) is 6.00. The Labute approximate surface area is 251 Å². The van der Waals surface area contributed by atoms with Crippen LogP contribution in [0.4, 0.5) is 5.69 Å². The van der Waals surface area contributed by atoms with Crippen molar-refractivity contribution in [2.75, 3.05) is 23.8 Å². The first-order valence-electron chi connectivity index (χ1n) is 12.9. The molecule has 1 atom stereocenters. The molecule has 1 unspecified atom stereocenters. The summed E-state index contributed by atoms with van der Waals surface area (Å²) < 4.78 is 70.7. The van der Waals surface area contributed by atoms with Crippen molar-refractivity contribution in [2.24, 2.45) is 0 Å². The first kappa shape index (κ1) is 31.5. The molecule has 14 heteroatoms. The van der Waals surface area contributed by atoms with Gasteiger partial charge in [-0.25, -0.2) is 0 Å². The molecule has 1 aliphatic rings. The first-order chi connectivity index (χ1) is 19.4. The minimum atomic E-state index is -4.12. The fourth-order valence-electron chi connectivity index (χ4n) is 4.44. The van der Waals surface area contributed by atoms with Crippen LogP contribution in [0.25, 0.3) is 17.2 Å². The van der Waals surface area contributed by atoms with Crippen molar-refractivity contribution in [3.8, 4) is 5.75 Å². The van der Waals surface area contributed by atoms with Gasteiger partial charge in [-0.1, -0.05) is 30.1 Å². The van der Waals surface area contributed by atoms with Gasteiger partial charge in [0.1, 0.15) is 0 Å². The maximum Gasteiger partial charge on any atom is 0.374 e. The Kier molecular flexibility index (Phi) is 10.2. The lowest BCUT2D eigenvalue weighted by molar-refractivity contribution is -0.677. The number of ether oxygens (including phenoxy) is 1. The second-order valence-electron chi connectivity index (χ2n) is 9.57. The van der Waals surface area contributed by atoms with Gasteiger partial charge in [0.05, 0.1) is 29.1 Å². The van der Waals surface area contributed by atoms with Crippen LogP contribution in [0.2, 0.25) is 10.0 Å². The van der Waals surface area contributed by atoms with E-state index in [-0.39, 0.29) is 19.6 Å². The number of oxazole rings is 1. The van der Waals surface area contributed by atoms with Crippen molar-refractivity contribution in [1.82, 2.24) is 0 Å². The van der Waals surface area contributed by atoms with Gasteiger partial charge in [-0.15, -0.1) is 0 Å². The van der Waals surface area contributed by atoms with Crippen molar-refractivity contribution < 1.29 is 39.6 Å². The molecule has 0 fully saturated rings. The standard InChI is InChI=1S/C27H30Cl2N2O8S2/c1-4-19(13-26-30(7-5-9-37-40(32)33)22-15-20(28)17(2)11-24(22)38-26)14-27-31(8-6-10-41(34,35)36)23-16-21(29)18(3)12-25(23)39-27/h11-16H,4-10H2,1-3H3,(H-,32,33,34,35,36)/p+1. The molecule has 2 heterocycles. The van der Waals surface area contributed by atoms with Crippen molar-refractivity contribution in [2.45, 2.75) is 46.6 Å². The van der Waals surface area contributed by atoms with E-state index in [4.69, 9.17) is 41.1 Å². The van der Waals surface area contributed by atoms with E-state index in [0.29, 0.717) is 58.1 Å². The molecule has 2 aromatic carbocycles. The third-order valence-corrected chi connectivity index (χ3v) is 8.53. The Morgan fingerprint density at radius 1 is 1.15 bits per heavy atom. The topological polar surface area (TPSA) is 130 Å². The second-order valence-corrected chi connectivity index (χ2v) is 12.6. The maximum absolute atomic E-state index is 11.3. The number of allylic oxidation sites excluding steroid dienone is 2. The van der Waals surface area contributed by atoms with Crippen molar-refractivity contribution in [3.05, 3.63) is 68.9 Å². The Balaban J connectivity index is 1.72. The lowest BCUT2D eigenvalue weighted by Crippen LogP contribution is -2.36. The number of halogens is 2. The van der Waals surface area contributed by atoms with Gasteiger partial charge >= 0.3 is 17.3 Å². The Morgan fingerprint density at radius 2 is 1.85 bits per heavy atom. The van der Waals surface area contributed by atoms with Crippen LogP contribution < -0.4 is 14.2 Å². The molecule has 0 saturated heterocycles. The molecule has 222 valence electrons. The van der Waals surface area contributed by atoms with Crippen molar-refractivity contribution in [1.29, 1.82) is 0 Å². The minimum Gasteiger partial charge on any atom is -0.439 e. The summed E-state index contributed by atoms with van der Waals surface area (Å²) >= 11 is 10.4. The van der Waals surface area contributed by atoms with E-state index in [1.54, 1.807) is 6.07 Å². The van der Waals surface area contributed by atoms with Gasteiger partial charge in [-0.2, -0.15) is 17.2 Å². The molecule has 4 rings (SSSR count). The van der Waals surface area contributed by atoms with Crippen LogP contribution in [0.3, 0.4) is 0 Å². The third-order valence-electron chi connectivity index (χ3n) is 6.54. The van der Waals surface area contributed by atoms with Gasteiger partial charge in [-0.3, -0.25) is 13.3 Å². The largest absolute Gasteiger partial charge is 0.439 e. The van der Waals surface area contributed by atoms with Gasteiger partial charge in [0, 0.05) is 30.1 Å². The monoisotopic (exact) mass is 645 g/mol. The van der Waals surface area contributed by atoms with E-state index >= 15 is 0 Å². The van der Waals surface area contributed by atoms with Gasteiger partial charge in [0.2, 0.25) is 11.5 Å². The molecular formula is C27H31Cl2N2O8S2+. The molecule has 0 bridgehead atoms. The summed E-state index contributed by atoms with van der Waals surface area (Å²) in [4.78, 5) is 1.93. The Bertz CT molecular complexity index is 1650. The smallest absolute Gasteiger partial charge is 0.374 e. The molecule has 3 aromatic rings. The van der Waals surface area contributed by atoms with E-state index in [9.17, 15) is 17.2 Å². The van der Waals surface area contributed by atoms with Crippen LogP contribution in [-0.2, 0) is 32.2 Å². The number of anilines is 1. The summed E-state index contributed by atoms with van der Waals surface area (Å²) in [7, 11) is -4.12. The van der Waals surface area contributed by atoms with Crippen molar-refractivity contribution >= 4 is 67.5 Å². The zero-order chi connectivity index (χ0) is 29.9. The van der Waals surface area contributed by atoms with Gasteiger partial charge in [0.15, 0.2) is 12.3 Å². The number of hydrogen-bond donors (Lipinski definition) is 2. The number of aryl methyl sites for hydroxylation is 3. The highest BCUT2D eigenvalue weighted by atomic mass is 35.5. The van der Waals surface area contributed by atoms with Crippen LogP contribution in [0.15, 0.2) is 46.2 Å². The van der Waals surface area contributed by atoms with Crippen LogP contribution >= 0.6 is 23.2 Å². The van der Waals surface area contributed by atoms with Crippen LogP contribution in [0, 0.1) is 13.8 Å². The molecule has 1 aromatic heterocycles. The summed E-state index contributed by atoms with van der Waals surface area (Å²) in [5, 5.41) is 1.13. The molecule has 41 heavy (non-hydrogen) atoms. The van der Waals surface area contributed by atoms with Crippen LogP contribution in [0.1, 0.15) is 43.2 Å². The SMILES string of the molecule is CCC(=Cc1oc2cc(C)c(Cl)cc2[n+]1CCCS(=O)(=O)O)C=C1Oc2cc(C)c(Cl)cc2N1CCCOS(=O)O. The number of rotatable bonds is 12. The number of aromatic nitrogens is 1. The molecule has 1 aliphatic heterocycles. The number of nitrogens with zero attached hydrogens (tertiary/aromatic N) is 2. The highest BCUT2D eigenvalue weighted by Gasteiger charge is 2.28. The molecule has 0 aliphatic carbocycles. The zero-order valence-electron chi connectivity index (χ0n) is 22.7. The maximum atomic E-state index is 11.3. The van der Waals surface area contributed by atoms with Crippen LogP contribution in [0.5, 0.6) is 5.75 Å². The number of fused-ring (bicyclic) bond motifs is 2. The summed E-state index contributed by atoms with van der Waals surface area (Å²) in [5.74, 6) is 1.25. The fraction of sp³-hybridized carbons (Fsp3) is 0.370.